The van der Waals surface area contributed by atoms with Crippen molar-refractivity contribution < 1.29 is 23.9 Å². The Balaban J connectivity index is 1.17. The molecule has 0 saturated carbocycles. The Labute approximate surface area is 313 Å². The molecule has 1 N–H and O–H groups in total. The monoisotopic (exact) mass is 723 g/mol. The summed E-state index contributed by atoms with van der Waals surface area (Å²) in [5.41, 5.74) is 7.46. The Kier molecular flexibility index (Phi) is 9.46. The molecule has 0 radical (unpaired) electrons. The summed E-state index contributed by atoms with van der Waals surface area (Å²) in [6.07, 6.45) is 3.30. The lowest BCUT2D eigenvalue weighted by Crippen LogP contribution is -2.54. The normalized spacial score (nSPS) is 18.8. The van der Waals surface area contributed by atoms with Crippen LogP contribution >= 0.6 is 11.6 Å². The van der Waals surface area contributed by atoms with Gasteiger partial charge in [-0.2, -0.15) is 0 Å². The Morgan fingerprint density at radius 2 is 1.38 bits per heavy atom. The Morgan fingerprint density at radius 1 is 0.755 bits per heavy atom. The third kappa shape index (κ3) is 6.78. The summed E-state index contributed by atoms with van der Waals surface area (Å²) in [7, 11) is 0. The number of nitrogens with one attached hydrogen (secondary N) is 1. The Hall–Kier alpha value is -5.86. The molecule has 1 saturated heterocycles. The fourth-order valence-electron chi connectivity index (χ4n) is 7.77. The SMILES string of the molecule is CCOc1cc(/C=C2\C(=O)NC(=O)N(c3cc4c5c(c3)[C@H](c3ccccc3)CCN5CC[C@H]4c3ccccc3)C2=O)ccc1OCc1ccc(Cl)cc1. The number of ether oxygens (including phenoxy) is 2. The second kappa shape index (κ2) is 14.6. The van der Waals surface area contributed by atoms with Crippen LogP contribution in [0.4, 0.5) is 16.2 Å². The minimum Gasteiger partial charge on any atom is -0.490 e. The van der Waals surface area contributed by atoms with Gasteiger partial charge in [-0.15, -0.1) is 0 Å². The summed E-state index contributed by atoms with van der Waals surface area (Å²) in [6, 6.07) is 36.5. The minimum atomic E-state index is -0.777. The number of barbiturate groups is 1. The zero-order valence-corrected chi connectivity index (χ0v) is 30.0. The Bertz CT molecular complexity index is 2150. The van der Waals surface area contributed by atoms with E-state index in [1.54, 1.807) is 30.3 Å². The van der Waals surface area contributed by atoms with Gasteiger partial charge in [-0.25, -0.2) is 9.69 Å². The molecule has 0 bridgehead atoms. The number of nitrogens with zero attached hydrogens (tertiary/aromatic N) is 2. The van der Waals surface area contributed by atoms with E-state index >= 15 is 0 Å². The van der Waals surface area contributed by atoms with Crippen LogP contribution in [0, 0.1) is 0 Å². The number of anilines is 2. The van der Waals surface area contributed by atoms with E-state index in [-0.39, 0.29) is 17.4 Å². The van der Waals surface area contributed by atoms with Crippen molar-refractivity contribution in [2.24, 2.45) is 0 Å². The van der Waals surface area contributed by atoms with Crippen LogP contribution in [0.3, 0.4) is 0 Å². The zero-order valence-electron chi connectivity index (χ0n) is 29.3. The van der Waals surface area contributed by atoms with Gasteiger partial charge in [-0.3, -0.25) is 14.9 Å². The van der Waals surface area contributed by atoms with Crippen LogP contribution in [-0.4, -0.2) is 37.5 Å². The molecule has 5 aromatic carbocycles. The molecule has 5 aromatic rings. The van der Waals surface area contributed by atoms with Gasteiger partial charge in [0.05, 0.1) is 12.3 Å². The lowest BCUT2D eigenvalue weighted by molar-refractivity contribution is -0.122. The summed E-state index contributed by atoms with van der Waals surface area (Å²) >= 11 is 6.03. The predicted molar refractivity (Wildman–Crippen MR) is 207 cm³/mol. The molecule has 53 heavy (non-hydrogen) atoms. The largest absolute Gasteiger partial charge is 0.490 e. The topological polar surface area (TPSA) is 88.2 Å². The van der Waals surface area contributed by atoms with Crippen molar-refractivity contribution in [1.29, 1.82) is 0 Å². The number of benzene rings is 5. The smallest absolute Gasteiger partial charge is 0.335 e. The molecule has 3 heterocycles. The molecule has 8 nitrogen and oxygen atoms in total. The van der Waals surface area contributed by atoms with Gasteiger partial charge in [0.25, 0.3) is 11.8 Å². The first-order valence-corrected chi connectivity index (χ1v) is 18.3. The number of rotatable bonds is 9. The van der Waals surface area contributed by atoms with Crippen molar-refractivity contribution in [3.8, 4) is 11.5 Å². The molecule has 9 heteroatoms. The fraction of sp³-hybridized carbons (Fsp3) is 0.205. The van der Waals surface area contributed by atoms with Crippen LogP contribution < -0.4 is 24.6 Å². The number of halogens is 1. The van der Waals surface area contributed by atoms with Crippen molar-refractivity contribution in [3.05, 3.63) is 159 Å². The van der Waals surface area contributed by atoms with E-state index in [9.17, 15) is 14.4 Å². The predicted octanol–water partition coefficient (Wildman–Crippen LogP) is 8.86. The lowest BCUT2D eigenvalue weighted by Gasteiger charge is -2.44. The number of carbonyl (C=O) groups excluding carboxylic acids is 3. The van der Waals surface area contributed by atoms with Gasteiger partial charge in [-0.1, -0.05) is 90.5 Å². The minimum absolute atomic E-state index is 0.0766. The highest BCUT2D eigenvalue weighted by atomic mass is 35.5. The molecule has 8 rings (SSSR count). The van der Waals surface area contributed by atoms with Crippen LogP contribution in [0.15, 0.2) is 121 Å². The van der Waals surface area contributed by atoms with E-state index in [1.165, 1.54) is 22.9 Å². The molecule has 2 atom stereocenters. The van der Waals surface area contributed by atoms with Crippen LogP contribution in [0.25, 0.3) is 6.08 Å². The summed E-state index contributed by atoms with van der Waals surface area (Å²) in [4.78, 5) is 44.9. The summed E-state index contributed by atoms with van der Waals surface area (Å²) in [6.45, 7) is 4.38. The molecule has 1 fully saturated rings. The summed E-state index contributed by atoms with van der Waals surface area (Å²) in [5.74, 6) is -0.321. The molecule has 0 unspecified atom stereocenters. The third-order valence-corrected chi connectivity index (χ3v) is 10.5. The van der Waals surface area contributed by atoms with Gasteiger partial charge in [0.2, 0.25) is 0 Å². The molecule has 0 aliphatic carbocycles. The van der Waals surface area contributed by atoms with E-state index in [0.717, 1.165) is 47.5 Å². The van der Waals surface area contributed by atoms with Gasteiger partial charge in [0, 0.05) is 35.6 Å². The second-order valence-corrected chi connectivity index (χ2v) is 13.9. The average Bonchev–Trinajstić information content (AvgIpc) is 3.18. The molecule has 3 aliphatic heterocycles. The first-order valence-electron chi connectivity index (χ1n) is 18.0. The molecular formula is C44H38ClN3O5. The zero-order chi connectivity index (χ0) is 36.5. The number of urea groups is 1. The van der Waals surface area contributed by atoms with E-state index in [2.05, 4.69) is 34.5 Å². The molecule has 0 aromatic heterocycles. The molecule has 4 amide bonds. The first-order chi connectivity index (χ1) is 25.9. The van der Waals surface area contributed by atoms with Crippen molar-refractivity contribution in [2.45, 2.75) is 38.2 Å². The van der Waals surface area contributed by atoms with E-state index in [1.807, 2.05) is 67.6 Å². The van der Waals surface area contributed by atoms with Crippen molar-refractivity contribution in [3.63, 3.8) is 0 Å². The number of hydrogen-bond donors (Lipinski definition) is 1. The number of hydrogen-bond acceptors (Lipinski definition) is 6. The average molecular weight is 724 g/mol. The Morgan fingerprint density at radius 3 is 1.98 bits per heavy atom. The van der Waals surface area contributed by atoms with Crippen LogP contribution in [0.1, 0.15) is 65.0 Å². The molecular weight excluding hydrogens is 686 g/mol. The number of amides is 4. The van der Waals surface area contributed by atoms with E-state index < -0.39 is 17.8 Å². The maximum absolute atomic E-state index is 14.4. The fourth-order valence-corrected chi connectivity index (χ4v) is 7.90. The standard InChI is InChI=1S/C44H38ClN3O5/c1-2-52-40-24-29(15-18-39(40)53-27-28-13-16-32(45)17-14-28)23-38-42(49)46-44(51)48(43(38)50)33-25-36-34(30-9-5-3-6-10-30)19-21-47-22-20-35(37(26-33)41(36)47)31-11-7-4-8-12-31/h3-18,23-26,34-35H,2,19-22,27H2,1H3,(H,46,49,51)/b38-23+/t34-,35-/m0/s1. The van der Waals surface area contributed by atoms with E-state index in [4.69, 9.17) is 21.1 Å². The van der Waals surface area contributed by atoms with Gasteiger partial charge in [0.15, 0.2) is 11.5 Å². The second-order valence-electron chi connectivity index (χ2n) is 13.5. The summed E-state index contributed by atoms with van der Waals surface area (Å²) < 4.78 is 12.0. The third-order valence-electron chi connectivity index (χ3n) is 10.2. The summed E-state index contributed by atoms with van der Waals surface area (Å²) in [5, 5.41) is 3.07. The van der Waals surface area contributed by atoms with Gasteiger partial charge < -0.3 is 14.4 Å². The maximum atomic E-state index is 14.4. The van der Waals surface area contributed by atoms with E-state index in [0.29, 0.717) is 41.0 Å². The van der Waals surface area contributed by atoms with Crippen LogP contribution in [-0.2, 0) is 16.2 Å². The maximum Gasteiger partial charge on any atom is 0.335 e. The lowest BCUT2D eigenvalue weighted by atomic mass is 9.76. The molecule has 3 aliphatic rings. The molecule has 266 valence electrons. The van der Waals surface area contributed by atoms with Crippen molar-refractivity contribution in [1.82, 2.24) is 5.32 Å². The van der Waals surface area contributed by atoms with Crippen LogP contribution in [0.2, 0.25) is 5.02 Å². The van der Waals surface area contributed by atoms with Crippen molar-refractivity contribution in [2.75, 3.05) is 29.5 Å². The first kappa shape index (κ1) is 34.2. The highest BCUT2D eigenvalue weighted by Crippen LogP contribution is 2.50. The number of carbonyl (C=O) groups is 3. The highest BCUT2D eigenvalue weighted by molar-refractivity contribution is 6.39. The molecule has 0 spiro atoms. The number of imide groups is 2. The van der Waals surface area contributed by atoms with Gasteiger partial charge >= 0.3 is 6.03 Å². The quantitative estimate of drug-likeness (QED) is 0.121. The van der Waals surface area contributed by atoms with Crippen molar-refractivity contribution >= 4 is 46.9 Å². The highest BCUT2D eigenvalue weighted by Gasteiger charge is 2.40. The van der Waals surface area contributed by atoms with Gasteiger partial charge in [-0.05, 0) is 95.6 Å². The van der Waals surface area contributed by atoms with Gasteiger partial charge in [0.1, 0.15) is 12.2 Å². The van der Waals surface area contributed by atoms with Crippen LogP contribution in [0.5, 0.6) is 11.5 Å².